The number of amides is 1. The summed E-state index contributed by atoms with van der Waals surface area (Å²) in [7, 11) is 1.49. The molecule has 5 heteroatoms. The molecule has 15 heavy (non-hydrogen) atoms. The Morgan fingerprint density at radius 3 is 2.67 bits per heavy atom. The fourth-order valence-electron chi connectivity index (χ4n) is 1.16. The Bertz CT molecular complexity index is 368. The summed E-state index contributed by atoms with van der Waals surface area (Å²) in [6.45, 7) is 0. The molecule has 82 valence electrons. The number of nitrogens with one attached hydrogen (secondary N) is 1. The fourth-order valence-corrected chi connectivity index (χ4v) is 1.16. The van der Waals surface area contributed by atoms with Crippen LogP contribution in [-0.4, -0.2) is 13.0 Å². The van der Waals surface area contributed by atoms with Crippen LogP contribution in [0, 0.1) is 11.6 Å². The quantitative estimate of drug-likeness (QED) is 0.791. The number of rotatable bonds is 3. The van der Waals surface area contributed by atoms with Crippen molar-refractivity contribution in [1.29, 1.82) is 0 Å². The molecule has 0 fully saturated rings. The summed E-state index contributed by atoms with van der Waals surface area (Å²) in [5.41, 5.74) is 6.04. The van der Waals surface area contributed by atoms with Gasteiger partial charge >= 0.3 is 0 Å². The van der Waals surface area contributed by atoms with E-state index in [0.29, 0.717) is 5.56 Å². The van der Waals surface area contributed by atoms with E-state index in [9.17, 15) is 13.6 Å². The largest absolute Gasteiger partial charge is 0.359 e. The number of hydrogen-bond donors (Lipinski definition) is 2. The van der Waals surface area contributed by atoms with Gasteiger partial charge in [0, 0.05) is 19.5 Å². The van der Waals surface area contributed by atoms with Crippen LogP contribution in [0.15, 0.2) is 18.2 Å². The molecule has 3 nitrogen and oxygen atoms in total. The molecule has 0 radical (unpaired) electrons. The summed E-state index contributed by atoms with van der Waals surface area (Å²) >= 11 is 0. The van der Waals surface area contributed by atoms with E-state index < -0.39 is 17.7 Å². The maximum absolute atomic E-state index is 12.8. The van der Waals surface area contributed by atoms with Gasteiger partial charge in [0.1, 0.15) is 0 Å². The van der Waals surface area contributed by atoms with Gasteiger partial charge in [0.15, 0.2) is 11.6 Å². The van der Waals surface area contributed by atoms with E-state index in [0.717, 1.165) is 12.1 Å². The highest BCUT2D eigenvalue weighted by Crippen LogP contribution is 2.16. The Morgan fingerprint density at radius 2 is 2.13 bits per heavy atom. The Labute approximate surface area is 86.3 Å². The molecule has 1 rings (SSSR count). The first-order valence-electron chi connectivity index (χ1n) is 4.45. The zero-order valence-corrected chi connectivity index (χ0v) is 8.26. The summed E-state index contributed by atoms with van der Waals surface area (Å²) in [6.07, 6.45) is 0.0432. The normalized spacial score (nSPS) is 12.3. The molecular formula is C10H12F2N2O. The molecule has 0 aliphatic carbocycles. The highest BCUT2D eigenvalue weighted by atomic mass is 19.2. The number of hydrogen-bond acceptors (Lipinski definition) is 2. The van der Waals surface area contributed by atoms with E-state index in [1.165, 1.54) is 13.1 Å². The lowest BCUT2D eigenvalue weighted by molar-refractivity contribution is -0.120. The molecule has 1 aromatic rings. The highest BCUT2D eigenvalue weighted by Gasteiger charge is 2.12. The van der Waals surface area contributed by atoms with Gasteiger partial charge in [-0.15, -0.1) is 0 Å². The maximum Gasteiger partial charge on any atom is 0.221 e. The van der Waals surface area contributed by atoms with Crippen molar-refractivity contribution in [3.8, 4) is 0 Å². The van der Waals surface area contributed by atoms with Crippen LogP contribution in [0.5, 0.6) is 0 Å². The van der Waals surface area contributed by atoms with Crippen LogP contribution in [0.1, 0.15) is 18.0 Å². The minimum Gasteiger partial charge on any atom is -0.359 e. The van der Waals surface area contributed by atoms with E-state index in [2.05, 4.69) is 5.32 Å². The summed E-state index contributed by atoms with van der Waals surface area (Å²) in [5.74, 6) is -2.13. The third kappa shape index (κ3) is 2.99. The fraction of sp³-hybridized carbons (Fsp3) is 0.300. The number of carbonyl (C=O) groups is 1. The SMILES string of the molecule is CNC(=O)CC(N)c1ccc(F)c(F)c1. The number of nitrogens with two attached hydrogens (primary N) is 1. The molecular weight excluding hydrogens is 202 g/mol. The second-order valence-corrected chi connectivity index (χ2v) is 3.16. The van der Waals surface area contributed by atoms with Crippen LogP contribution in [-0.2, 0) is 4.79 Å². The Hall–Kier alpha value is -1.49. The molecule has 0 aliphatic rings. The molecule has 0 bridgehead atoms. The van der Waals surface area contributed by atoms with Crippen molar-refractivity contribution in [3.63, 3.8) is 0 Å². The minimum absolute atomic E-state index is 0.0432. The monoisotopic (exact) mass is 214 g/mol. The summed E-state index contributed by atoms with van der Waals surface area (Å²) in [4.78, 5) is 11.0. The minimum atomic E-state index is -0.958. The van der Waals surface area contributed by atoms with Crippen molar-refractivity contribution >= 4 is 5.91 Å². The molecule has 0 spiro atoms. The topological polar surface area (TPSA) is 55.1 Å². The molecule has 0 aromatic heterocycles. The van der Waals surface area contributed by atoms with Gasteiger partial charge in [0.2, 0.25) is 5.91 Å². The van der Waals surface area contributed by atoms with Crippen molar-refractivity contribution in [2.75, 3.05) is 7.05 Å². The predicted octanol–water partition coefficient (Wildman–Crippen LogP) is 1.10. The van der Waals surface area contributed by atoms with Crippen LogP contribution in [0.4, 0.5) is 8.78 Å². The summed E-state index contributed by atoms with van der Waals surface area (Å²) in [6, 6.07) is 2.74. The lowest BCUT2D eigenvalue weighted by Crippen LogP contribution is -2.24. The van der Waals surface area contributed by atoms with Crippen LogP contribution < -0.4 is 11.1 Å². The summed E-state index contributed by atoms with van der Waals surface area (Å²) in [5, 5.41) is 2.40. The second-order valence-electron chi connectivity index (χ2n) is 3.16. The first-order chi connectivity index (χ1) is 7.04. The van der Waals surface area contributed by atoms with Crippen LogP contribution in [0.2, 0.25) is 0 Å². The second kappa shape index (κ2) is 4.84. The average molecular weight is 214 g/mol. The van der Waals surface area contributed by atoms with Gasteiger partial charge in [0.25, 0.3) is 0 Å². The zero-order chi connectivity index (χ0) is 11.4. The molecule has 1 aromatic carbocycles. The van der Waals surface area contributed by atoms with Crippen LogP contribution in [0.25, 0.3) is 0 Å². The highest BCUT2D eigenvalue weighted by molar-refractivity contribution is 5.76. The molecule has 0 saturated carbocycles. The third-order valence-electron chi connectivity index (χ3n) is 2.06. The van der Waals surface area contributed by atoms with Gasteiger partial charge in [0.05, 0.1) is 0 Å². The van der Waals surface area contributed by atoms with Gasteiger partial charge in [-0.2, -0.15) is 0 Å². The van der Waals surface area contributed by atoms with Crippen molar-refractivity contribution in [3.05, 3.63) is 35.4 Å². The number of benzene rings is 1. The van der Waals surface area contributed by atoms with E-state index in [1.807, 2.05) is 0 Å². The van der Waals surface area contributed by atoms with E-state index in [4.69, 9.17) is 5.73 Å². The molecule has 1 amide bonds. The van der Waals surface area contributed by atoms with Gasteiger partial charge in [-0.3, -0.25) is 4.79 Å². The molecule has 0 saturated heterocycles. The van der Waals surface area contributed by atoms with Crippen molar-refractivity contribution in [1.82, 2.24) is 5.32 Å². The zero-order valence-electron chi connectivity index (χ0n) is 8.26. The maximum atomic E-state index is 12.8. The first kappa shape index (κ1) is 11.6. The summed E-state index contributed by atoms with van der Waals surface area (Å²) < 4.78 is 25.4. The van der Waals surface area contributed by atoms with Crippen molar-refractivity contribution in [2.24, 2.45) is 5.73 Å². The lowest BCUT2D eigenvalue weighted by Gasteiger charge is -2.10. The first-order valence-corrected chi connectivity index (χ1v) is 4.45. The standard InChI is InChI=1S/C10H12F2N2O/c1-14-10(15)5-9(13)6-2-3-7(11)8(12)4-6/h2-4,9H,5,13H2,1H3,(H,14,15). The van der Waals surface area contributed by atoms with E-state index in [-0.39, 0.29) is 12.3 Å². The number of carbonyl (C=O) groups excluding carboxylic acids is 1. The van der Waals surface area contributed by atoms with Gasteiger partial charge in [-0.05, 0) is 17.7 Å². The molecule has 0 aliphatic heterocycles. The van der Waals surface area contributed by atoms with Crippen LogP contribution >= 0.6 is 0 Å². The Balaban J connectivity index is 2.78. The molecule has 0 heterocycles. The van der Waals surface area contributed by atoms with Gasteiger partial charge < -0.3 is 11.1 Å². The molecule has 3 N–H and O–H groups in total. The van der Waals surface area contributed by atoms with E-state index >= 15 is 0 Å². The molecule has 1 atom stereocenters. The van der Waals surface area contributed by atoms with Crippen molar-refractivity contribution in [2.45, 2.75) is 12.5 Å². The molecule has 1 unspecified atom stereocenters. The van der Waals surface area contributed by atoms with Gasteiger partial charge in [-0.25, -0.2) is 8.78 Å². The smallest absolute Gasteiger partial charge is 0.221 e. The Kier molecular flexibility index (Phi) is 3.74. The average Bonchev–Trinajstić information content (AvgIpc) is 2.21. The predicted molar refractivity (Wildman–Crippen MR) is 52.0 cm³/mol. The van der Waals surface area contributed by atoms with Gasteiger partial charge in [-0.1, -0.05) is 6.07 Å². The van der Waals surface area contributed by atoms with Crippen molar-refractivity contribution < 1.29 is 13.6 Å². The third-order valence-corrected chi connectivity index (χ3v) is 2.06. The van der Waals surface area contributed by atoms with Crippen LogP contribution in [0.3, 0.4) is 0 Å². The Morgan fingerprint density at radius 1 is 1.47 bits per heavy atom. The number of halogens is 2. The van der Waals surface area contributed by atoms with E-state index in [1.54, 1.807) is 0 Å². The lowest BCUT2D eigenvalue weighted by atomic mass is 10.0.